The maximum absolute atomic E-state index is 4.64. The Morgan fingerprint density at radius 2 is 0.943 bits per heavy atom. The molecule has 4 heteroatoms. The van der Waals surface area contributed by atoms with Gasteiger partial charge in [0.2, 0.25) is 0 Å². The standard InChI is InChI=1S/C49H34N4/c1-49(2)38-22-12-9-19-35(38)43-46(49)44-36-20-10-13-23-41(36)53(34-27-25-32(26-28-34)40-30-29-39(50-51-40)31-15-5-3-6-16-31)48(44)45-37-21-11-14-24-42(37)52(47(43)45)33-17-7-4-8-18-33/h3-30H,1-2H3. The van der Waals surface area contributed by atoms with Gasteiger partial charge in [-0.1, -0.05) is 135 Å². The van der Waals surface area contributed by atoms with Gasteiger partial charge in [0, 0.05) is 55.0 Å². The molecule has 0 N–H and O–H groups in total. The zero-order valence-electron chi connectivity index (χ0n) is 29.5. The normalized spacial score (nSPS) is 13.2. The lowest BCUT2D eigenvalue weighted by molar-refractivity contribution is 0.667. The van der Waals surface area contributed by atoms with Gasteiger partial charge in [-0.15, -0.1) is 10.2 Å². The van der Waals surface area contributed by atoms with Gasteiger partial charge in [-0.3, -0.25) is 0 Å². The maximum atomic E-state index is 4.64. The Balaban J connectivity index is 1.24. The van der Waals surface area contributed by atoms with Crippen molar-refractivity contribution in [2.75, 3.05) is 0 Å². The first kappa shape index (κ1) is 29.9. The van der Waals surface area contributed by atoms with E-state index in [1.807, 2.05) is 18.2 Å². The van der Waals surface area contributed by atoms with Crippen molar-refractivity contribution in [3.8, 4) is 45.0 Å². The number of benzene rings is 7. The van der Waals surface area contributed by atoms with Gasteiger partial charge in [-0.2, -0.15) is 0 Å². The van der Waals surface area contributed by atoms with Gasteiger partial charge in [0.05, 0.1) is 33.5 Å². The molecular weight excluding hydrogens is 645 g/mol. The van der Waals surface area contributed by atoms with Crippen LogP contribution in [0.4, 0.5) is 0 Å². The van der Waals surface area contributed by atoms with E-state index in [0.717, 1.165) is 33.9 Å². The highest BCUT2D eigenvalue weighted by Crippen LogP contribution is 2.58. The van der Waals surface area contributed by atoms with Gasteiger partial charge in [0.15, 0.2) is 0 Å². The summed E-state index contributed by atoms with van der Waals surface area (Å²) in [4.78, 5) is 0. The van der Waals surface area contributed by atoms with Crippen LogP contribution in [0.1, 0.15) is 25.0 Å². The van der Waals surface area contributed by atoms with Crippen LogP contribution in [0.5, 0.6) is 0 Å². The van der Waals surface area contributed by atoms with Gasteiger partial charge >= 0.3 is 0 Å². The van der Waals surface area contributed by atoms with Gasteiger partial charge in [-0.05, 0) is 65.2 Å². The molecular formula is C49H34N4. The molecule has 0 amide bonds. The van der Waals surface area contributed by atoms with E-state index in [2.05, 4.69) is 185 Å². The molecule has 1 aliphatic carbocycles. The Kier molecular flexibility index (Phi) is 6.27. The average Bonchev–Trinajstić information content (AvgIpc) is 3.82. The van der Waals surface area contributed by atoms with Gasteiger partial charge in [-0.25, -0.2) is 0 Å². The SMILES string of the molecule is CC1(C)c2ccccc2-c2c1c1c3ccccc3n(-c3ccc(-c4ccc(-c5ccccc5)nn4)cc3)c1c1c3ccccc3n(-c3ccccc3)c21. The lowest BCUT2D eigenvalue weighted by Gasteiger charge is -2.23. The first-order valence-corrected chi connectivity index (χ1v) is 18.3. The summed E-state index contributed by atoms with van der Waals surface area (Å²) in [6.07, 6.45) is 0. The molecule has 0 radical (unpaired) electrons. The third kappa shape index (κ3) is 4.18. The number of rotatable bonds is 4. The summed E-state index contributed by atoms with van der Waals surface area (Å²) in [5, 5.41) is 14.3. The number of para-hydroxylation sites is 3. The summed E-state index contributed by atoms with van der Waals surface area (Å²) in [6, 6.07) is 60.9. The Morgan fingerprint density at radius 1 is 0.434 bits per heavy atom. The molecule has 11 rings (SSSR count). The second-order valence-corrected chi connectivity index (χ2v) is 14.6. The van der Waals surface area contributed by atoms with E-state index in [9.17, 15) is 0 Å². The molecule has 53 heavy (non-hydrogen) atoms. The Labute approximate surface area is 307 Å². The fourth-order valence-electron chi connectivity index (χ4n) is 9.10. The van der Waals surface area contributed by atoms with Crippen LogP contribution in [0, 0.1) is 0 Å². The predicted molar refractivity (Wildman–Crippen MR) is 219 cm³/mol. The zero-order chi connectivity index (χ0) is 35.3. The molecule has 10 aromatic rings. The molecule has 0 fully saturated rings. The Hall–Kier alpha value is -6.78. The average molecular weight is 679 g/mol. The fraction of sp³-hybridized carbons (Fsp3) is 0.0612. The number of aromatic nitrogens is 4. The summed E-state index contributed by atoms with van der Waals surface area (Å²) >= 11 is 0. The van der Waals surface area contributed by atoms with Crippen molar-refractivity contribution in [3.63, 3.8) is 0 Å². The molecule has 0 atom stereocenters. The zero-order valence-corrected chi connectivity index (χ0v) is 29.5. The van der Waals surface area contributed by atoms with Crippen molar-refractivity contribution in [3.05, 3.63) is 181 Å². The van der Waals surface area contributed by atoms with E-state index in [0.29, 0.717) is 0 Å². The number of hydrogen-bond acceptors (Lipinski definition) is 2. The largest absolute Gasteiger partial charge is 0.309 e. The van der Waals surface area contributed by atoms with Gasteiger partial charge < -0.3 is 9.13 Å². The first-order chi connectivity index (χ1) is 26.1. The molecule has 0 aliphatic heterocycles. The van der Waals surface area contributed by atoms with Crippen LogP contribution in [0.25, 0.3) is 88.6 Å². The van der Waals surface area contributed by atoms with E-state index in [-0.39, 0.29) is 5.41 Å². The Bertz CT molecular complexity index is 3040. The van der Waals surface area contributed by atoms with Gasteiger partial charge in [0.25, 0.3) is 0 Å². The number of nitrogens with zero attached hydrogens (tertiary/aromatic N) is 4. The van der Waals surface area contributed by atoms with Crippen molar-refractivity contribution < 1.29 is 0 Å². The minimum Gasteiger partial charge on any atom is -0.309 e. The predicted octanol–water partition coefficient (Wildman–Crippen LogP) is 12.3. The molecule has 0 bridgehead atoms. The molecule has 1 aliphatic rings. The second-order valence-electron chi connectivity index (χ2n) is 14.6. The van der Waals surface area contributed by atoms with Crippen LogP contribution in [-0.4, -0.2) is 19.3 Å². The minimum absolute atomic E-state index is 0.222. The van der Waals surface area contributed by atoms with E-state index < -0.39 is 0 Å². The Morgan fingerprint density at radius 3 is 1.60 bits per heavy atom. The quantitative estimate of drug-likeness (QED) is 0.186. The highest BCUT2D eigenvalue weighted by atomic mass is 15.1. The fourth-order valence-corrected chi connectivity index (χ4v) is 9.10. The van der Waals surface area contributed by atoms with Crippen molar-refractivity contribution in [2.24, 2.45) is 0 Å². The summed E-state index contributed by atoms with van der Waals surface area (Å²) in [5.41, 5.74) is 16.2. The van der Waals surface area contributed by atoms with E-state index in [4.69, 9.17) is 0 Å². The highest BCUT2D eigenvalue weighted by molar-refractivity contribution is 6.31. The summed E-state index contributed by atoms with van der Waals surface area (Å²) in [5.74, 6) is 0. The monoisotopic (exact) mass is 678 g/mol. The molecule has 0 saturated heterocycles. The molecule has 0 unspecified atom stereocenters. The highest BCUT2D eigenvalue weighted by Gasteiger charge is 2.41. The molecule has 3 aromatic heterocycles. The van der Waals surface area contributed by atoms with Crippen LogP contribution in [-0.2, 0) is 5.41 Å². The van der Waals surface area contributed by atoms with Gasteiger partial charge in [0.1, 0.15) is 0 Å². The molecule has 0 saturated carbocycles. The minimum atomic E-state index is -0.222. The number of hydrogen-bond donors (Lipinski definition) is 0. The summed E-state index contributed by atoms with van der Waals surface area (Å²) in [7, 11) is 0. The third-order valence-electron chi connectivity index (χ3n) is 11.4. The second kappa shape index (κ2) is 11.1. The van der Waals surface area contributed by atoms with Crippen molar-refractivity contribution in [1.29, 1.82) is 0 Å². The van der Waals surface area contributed by atoms with E-state index in [1.54, 1.807) is 0 Å². The molecule has 250 valence electrons. The van der Waals surface area contributed by atoms with Crippen LogP contribution in [0.2, 0.25) is 0 Å². The molecule has 4 nitrogen and oxygen atoms in total. The summed E-state index contributed by atoms with van der Waals surface area (Å²) in [6.45, 7) is 4.81. The van der Waals surface area contributed by atoms with Crippen LogP contribution >= 0.6 is 0 Å². The molecule has 7 aromatic carbocycles. The third-order valence-corrected chi connectivity index (χ3v) is 11.4. The first-order valence-electron chi connectivity index (χ1n) is 18.3. The summed E-state index contributed by atoms with van der Waals surface area (Å²) < 4.78 is 5.01. The topological polar surface area (TPSA) is 35.6 Å². The van der Waals surface area contributed by atoms with E-state index in [1.165, 1.54) is 65.9 Å². The van der Waals surface area contributed by atoms with Crippen molar-refractivity contribution in [2.45, 2.75) is 19.3 Å². The maximum Gasteiger partial charge on any atom is 0.0930 e. The van der Waals surface area contributed by atoms with E-state index >= 15 is 0 Å². The van der Waals surface area contributed by atoms with Crippen LogP contribution in [0.3, 0.4) is 0 Å². The molecule has 0 spiro atoms. The number of fused-ring (bicyclic) bond motifs is 12. The smallest absolute Gasteiger partial charge is 0.0930 e. The lowest BCUT2D eigenvalue weighted by atomic mass is 9.80. The van der Waals surface area contributed by atoms with Crippen molar-refractivity contribution in [1.82, 2.24) is 19.3 Å². The van der Waals surface area contributed by atoms with Crippen LogP contribution < -0.4 is 0 Å². The molecule has 3 heterocycles. The van der Waals surface area contributed by atoms with Crippen molar-refractivity contribution >= 4 is 43.6 Å². The lowest BCUT2D eigenvalue weighted by Crippen LogP contribution is -2.15. The van der Waals surface area contributed by atoms with Crippen LogP contribution in [0.15, 0.2) is 170 Å².